The van der Waals surface area contributed by atoms with Crippen LogP contribution in [-0.2, 0) is 11.0 Å². The van der Waals surface area contributed by atoms with E-state index in [4.69, 9.17) is 4.42 Å². The Hall–Kier alpha value is -3.44. The van der Waals surface area contributed by atoms with Crippen LogP contribution >= 0.6 is 11.8 Å². The molecule has 0 unspecified atom stereocenters. The highest BCUT2D eigenvalue weighted by molar-refractivity contribution is 7.99. The molecule has 0 aliphatic heterocycles. The predicted molar refractivity (Wildman–Crippen MR) is 108 cm³/mol. The topological polar surface area (TPSA) is 66.0 Å². The van der Waals surface area contributed by atoms with Gasteiger partial charge in [-0.3, -0.25) is 4.79 Å². The minimum atomic E-state index is -4.53. The summed E-state index contributed by atoms with van der Waals surface area (Å²) in [6.07, 6.45) is -3.30. The molecule has 0 radical (unpaired) electrons. The van der Waals surface area contributed by atoms with Gasteiger partial charge >= 0.3 is 6.18 Å². The number of carbonyl (C=O) groups excluding carboxylic acids is 1. The fourth-order valence-corrected chi connectivity index (χ4v) is 3.23. The molecule has 3 rings (SSSR count). The van der Waals surface area contributed by atoms with Gasteiger partial charge in [-0.05, 0) is 49.4 Å². The summed E-state index contributed by atoms with van der Waals surface area (Å²) in [5.41, 5.74) is -0.126. The maximum Gasteiger partial charge on any atom is 0.416 e. The number of hydrogen-bond donors (Lipinski definition) is 1. The van der Waals surface area contributed by atoms with Crippen LogP contribution in [0.5, 0.6) is 0 Å². The zero-order valence-corrected chi connectivity index (χ0v) is 16.5. The van der Waals surface area contributed by atoms with Crippen LogP contribution in [0.4, 0.5) is 18.9 Å². The van der Waals surface area contributed by atoms with Crippen molar-refractivity contribution in [1.29, 1.82) is 5.26 Å². The number of nitrogens with one attached hydrogen (secondary N) is 1. The Balaban J connectivity index is 1.73. The van der Waals surface area contributed by atoms with Gasteiger partial charge in [-0.1, -0.05) is 35.5 Å². The molecule has 1 aromatic heterocycles. The summed E-state index contributed by atoms with van der Waals surface area (Å²) in [6.45, 7) is 1.98. The van der Waals surface area contributed by atoms with Gasteiger partial charge in [0.05, 0.1) is 5.56 Å². The Morgan fingerprint density at radius 1 is 1.13 bits per heavy atom. The number of anilines is 1. The van der Waals surface area contributed by atoms with Gasteiger partial charge in [-0.25, -0.2) is 0 Å². The maximum atomic E-state index is 12.8. The van der Waals surface area contributed by atoms with Gasteiger partial charge in [0, 0.05) is 16.7 Å². The summed E-state index contributed by atoms with van der Waals surface area (Å²) in [7, 11) is 0. The van der Waals surface area contributed by atoms with E-state index in [9.17, 15) is 23.2 Å². The zero-order chi connectivity index (χ0) is 21.7. The molecule has 152 valence electrons. The van der Waals surface area contributed by atoms with Crippen LogP contribution in [0.3, 0.4) is 0 Å². The Morgan fingerprint density at radius 2 is 1.87 bits per heavy atom. The molecule has 0 saturated carbocycles. The molecule has 8 heteroatoms. The highest BCUT2D eigenvalue weighted by atomic mass is 32.2. The van der Waals surface area contributed by atoms with E-state index >= 15 is 0 Å². The van der Waals surface area contributed by atoms with E-state index in [0.717, 1.165) is 22.6 Å². The molecule has 2 aromatic carbocycles. The number of nitriles is 1. The van der Waals surface area contributed by atoms with Gasteiger partial charge in [0.25, 0.3) is 5.91 Å². The number of carbonyl (C=O) groups is 1. The van der Waals surface area contributed by atoms with E-state index in [1.54, 1.807) is 18.2 Å². The van der Waals surface area contributed by atoms with Gasteiger partial charge < -0.3 is 9.73 Å². The Kier molecular flexibility index (Phi) is 6.33. The van der Waals surface area contributed by atoms with Crippen molar-refractivity contribution >= 4 is 29.4 Å². The Morgan fingerprint density at radius 3 is 2.53 bits per heavy atom. The quantitative estimate of drug-likeness (QED) is 0.382. The second kappa shape index (κ2) is 8.93. The lowest BCUT2D eigenvalue weighted by atomic mass is 10.1. The van der Waals surface area contributed by atoms with Crippen LogP contribution in [0.1, 0.15) is 16.9 Å². The molecule has 0 spiro atoms. The zero-order valence-electron chi connectivity index (χ0n) is 15.7. The second-order valence-electron chi connectivity index (χ2n) is 6.27. The smallest absolute Gasteiger partial charge is 0.416 e. The third-order valence-corrected chi connectivity index (χ3v) is 4.87. The summed E-state index contributed by atoms with van der Waals surface area (Å²) >= 11 is 1.38. The van der Waals surface area contributed by atoms with Crippen LogP contribution < -0.4 is 5.32 Å². The number of furan rings is 1. The predicted octanol–water partition coefficient (Wildman–Crippen LogP) is 6.30. The Bertz CT molecular complexity index is 1130. The number of alkyl halides is 3. The third kappa shape index (κ3) is 5.55. The number of amides is 1. The highest BCUT2D eigenvalue weighted by Gasteiger charge is 2.30. The molecule has 1 N–H and O–H groups in total. The Labute approximate surface area is 175 Å². The van der Waals surface area contributed by atoms with Crippen LogP contribution in [0, 0.1) is 18.3 Å². The third-order valence-electron chi connectivity index (χ3n) is 3.94. The van der Waals surface area contributed by atoms with E-state index in [-0.39, 0.29) is 17.0 Å². The van der Waals surface area contributed by atoms with Gasteiger partial charge in [-0.15, -0.1) is 0 Å². The lowest BCUT2D eigenvalue weighted by Crippen LogP contribution is -2.14. The standard InChI is InChI=1S/C22H15F3N2O2S/c1-14-5-8-19(9-6-14)30-20-10-7-18(29-20)11-15(13-26)21(28)27-17-4-2-3-16(12-17)22(23,24)25/h2-12H,1H3,(H,27,28)/b15-11-. The number of benzene rings is 2. The van der Waals surface area contributed by atoms with Crippen molar-refractivity contribution in [2.24, 2.45) is 0 Å². The fraction of sp³-hybridized carbons (Fsp3) is 0.0909. The summed E-state index contributed by atoms with van der Waals surface area (Å²) in [5.74, 6) is -0.554. The summed E-state index contributed by atoms with van der Waals surface area (Å²) in [4.78, 5) is 13.3. The first-order valence-electron chi connectivity index (χ1n) is 8.69. The molecule has 1 amide bonds. The number of aryl methyl sites for hydroxylation is 1. The molecule has 4 nitrogen and oxygen atoms in total. The minimum Gasteiger partial charge on any atom is -0.450 e. The van der Waals surface area contributed by atoms with Crippen LogP contribution in [-0.4, -0.2) is 5.91 Å². The first kappa shape index (κ1) is 21.3. The summed E-state index contributed by atoms with van der Waals surface area (Å²) in [5, 5.41) is 12.2. The van der Waals surface area contributed by atoms with Crippen molar-refractivity contribution in [3.8, 4) is 6.07 Å². The first-order valence-corrected chi connectivity index (χ1v) is 9.51. The molecule has 0 fully saturated rings. The normalized spacial score (nSPS) is 11.8. The molecule has 3 aromatic rings. The average molecular weight is 428 g/mol. The molecular weight excluding hydrogens is 413 g/mol. The van der Waals surface area contributed by atoms with Gasteiger partial charge in [-0.2, -0.15) is 18.4 Å². The number of nitrogens with zero attached hydrogens (tertiary/aromatic N) is 1. The molecule has 0 bridgehead atoms. The summed E-state index contributed by atoms with van der Waals surface area (Å²) < 4.78 is 44.0. The molecule has 0 atom stereocenters. The maximum absolute atomic E-state index is 12.8. The molecule has 1 heterocycles. The van der Waals surface area contributed by atoms with Crippen molar-refractivity contribution in [3.63, 3.8) is 0 Å². The first-order chi connectivity index (χ1) is 14.2. The lowest BCUT2D eigenvalue weighted by Gasteiger charge is -2.09. The van der Waals surface area contributed by atoms with E-state index in [0.29, 0.717) is 5.09 Å². The molecular formula is C22H15F3N2O2S. The van der Waals surface area contributed by atoms with Crippen molar-refractivity contribution in [1.82, 2.24) is 0 Å². The largest absolute Gasteiger partial charge is 0.450 e. The average Bonchev–Trinajstić information content (AvgIpc) is 3.14. The van der Waals surface area contributed by atoms with Crippen LogP contribution in [0.25, 0.3) is 6.08 Å². The van der Waals surface area contributed by atoms with E-state index in [1.807, 2.05) is 31.2 Å². The van der Waals surface area contributed by atoms with Gasteiger partial charge in [0.2, 0.25) is 0 Å². The SMILES string of the molecule is Cc1ccc(Sc2ccc(/C=C(/C#N)C(=O)Nc3cccc(C(F)(F)F)c3)o2)cc1. The van der Waals surface area contributed by atoms with Crippen LogP contribution in [0.15, 0.2) is 80.6 Å². The monoisotopic (exact) mass is 428 g/mol. The second-order valence-corrected chi connectivity index (χ2v) is 7.35. The minimum absolute atomic E-state index is 0.0639. The number of rotatable bonds is 5. The number of hydrogen-bond acceptors (Lipinski definition) is 4. The molecule has 0 saturated heterocycles. The molecule has 0 aliphatic carbocycles. The van der Waals surface area contributed by atoms with E-state index < -0.39 is 17.6 Å². The molecule has 0 aliphatic rings. The lowest BCUT2D eigenvalue weighted by molar-refractivity contribution is -0.137. The van der Waals surface area contributed by atoms with Crippen molar-refractivity contribution in [2.45, 2.75) is 23.1 Å². The molecule has 30 heavy (non-hydrogen) atoms. The highest BCUT2D eigenvalue weighted by Crippen LogP contribution is 2.31. The van der Waals surface area contributed by atoms with Crippen molar-refractivity contribution in [2.75, 3.05) is 5.32 Å². The van der Waals surface area contributed by atoms with Crippen LogP contribution in [0.2, 0.25) is 0 Å². The number of halogens is 3. The summed E-state index contributed by atoms with van der Waals surface area (Å²) in [6, 6.07) is 17.1. The van der Waals surface area contributed by atoms with Gasteiger partial charge in [0.1, 0.15) is 17.4 Å². The van der Waals surface area contributed by atoms with Crippen molar-refractivity contribution < 1.29 is 22.4 Å². The van der Waals surface area contributed by atoms with E-state index in [2.05, 4.69) is 5.32 Å². The van der Waals surface area contributed by atoms with E-state index in [1.165, 1.54) is 30.0 Å². The fourth-order valence-electron chi connectivity index (χ4n) is 2.45. The van der Waals surface area contributed by atoms with Crippen molar-refractivity contribution in [3.05, 3.63) is 83.1 Å². The van der Waals surface area contributed by atoms with Gasteiger partial charge in [0.15, 0.2) is 5.09 Å².